The van der Waals surface area contributed by atoms with E-state index in [1.54, 1.807) is 0 Å². The fourth-order valence-electron chi connectivity index (χ4n) is 2.89. The van der Waals surface area contributed by atoms with Crippen LogP contribution in [0.25, 0.3) is 0 Å². The molecule has 1 unspecified atom stereocenters. The molecular weight excluding hydrogens is 390 g/mol. The minimum atomic E-state index is -2.78. The van der Waals surface area contributed by atoms with E-state index in [0.29, 0.717) is 24.1 Å². The van der Waals surface area contributed by atoms with E-state index in [9.17, 15) is 27.2 Å². The molecule has 1 heterocycles. The highest BCUT2D eigenvalue weighted by atomic mass is 19.3. The first-order chi connectivity index (χ1) is 13.6. The molecule has 29 heavy (non-hydrogen) atoms. The summed E-state index contributed by atoms with van der Waals surface area (Å²) in [6.45, 7) is 1.53. The van der Waals surface area contributed by atoms with Crippen LogP contribution >= 0.6 is 0 Å². The highest BCUT2D eigenvalue weighted by Gasteiger charge is 2.39. The Labute approximate surface area is 165 Å². The smallest absolute Gasteiger partial charge is 0.267 e. The zero-order valence-corrected chi connectivity index (χ0v) is 15.7. The first kappa shape index (κ1) is 22.3. The van der Waals surface area contributed by atoms with Crippen molar-refractivity contribution in [2.75, 3.05) is 5.32 Å². The molecule has 2 aromatic rings. The van der Waals surface area contributed by atoms with Crippen LogP contribution < -0.4 is 11.1 Å². The molecule has 3 rings (SSSR count). The Morgan fingerprint density at radius 1 is 1.24 bits per heavy atom. The maximum Gasteiger partial charge on any atom is 0.267 e. The van der Waals surface area contributed by atoms with Crippen molar-refractivity contribution in [3.8, 4) is 0 Å². The van der Waals surface area contributed by atoms with Gasteiger partial charge in [-0.05, 0) is 43.5 Å². The number of carbonyl (C=O) groups excluding carboxylic acids is 2. The molecule has 5 nitrogen and oxygen atoms in total. The van der Waals surface area contributed by atoms with E-state index in [1.165, 1.54) is 37.4 Å². The third-order valence-corrected chi connectivity index (χ3v) is 4.44. The molecule has 9 heteroatoms. The number of primary amides is 1. The maximum atomic E-state index is 13.3. The summed E-state index contributed by atoms with van der Waals surface area (Å²) >= 11 is 0. The lowest BCUT2D eigenvalue weighted by Crippen LogP contribution is -2.33. The Morgan fingerprint density at radius 3 is 2.55 bits per heavy atom. The number of nitrogens with two attached hydrogens (primary N) is 1. The number of nitrogens with one attached hydrogen (secondary N) is 1. The fourth-order valence-corrected chi connectivity index (χ4v) is 2.89. The third-order valence-electron chi connectivity index (χ3n) is 4.44. The Kier molecular flexibility index (Phi) is 7.30. The average molecular weight is 411 g/mol. The van der Waals surface area contributed by atoms with Gasteiger partial charge in [-0.1, -0.05) is 12.1 Å². The molecule has 0 spiro atoms. The molecule has 1 saturated carbocycles. The number of alkyl halides is 2. The van der Waals surface area contributed by atoms with E-state index in [1.807, 2.05) is 0 Å². The summed E-state index contributed by atoms with van der Waals surface area (Å²) in [5, 5.41) is 2.52. The number of amides is 2. The molecule has 0 aliphatic heterocycles. The van der Waals surface area contributed by atoms with Crippen molar-refractivity contribution in [3.05, 3.63) is 59.4 Å². The summed E-state index contributed by atoms with van der Waals surface area (Å²) in [5.74, 6) is -6.22. The van der Waals surface area contributed by atoms with E-state index in [4.69, 9.17) is 5.73 Å². The van der Waals surface area contributed by atoms with Gasteiger partial charge in [0, 0.05) is 30.6 Å². The molecule has 0 radical (unpaired) electrons. The molecule has 1 aromatic heterocycles. The Morgan fingerprint density at radius 2 is 1.97 bits per heavy atom. The van der Waals surface area contributed by atoms with Gasteiger partial charge in [-0.25, -0.2) is 17.6 Å². The van der Waals surface area contributed by atoms with E-state index in [2.05, 4.69) is 10.3 Å². The number of carbonyl (C=O) groups is 2. The molecule has 3 N–H and O–H groups in total. The van der Waals surface area contributed by atoms with Crippen LogP contribution in [-0.2, 0) is 4.79 Å². The number of anilines is 1. The van der Waals surface area contributed by atoms with Crippen LogP contribution in [0.1, 0.15) is 41.7 Å². The summed E-state index contributed by atoms with van der Waals surface area (Å²) in [7, 11) is 0. The number of hydrogen-bond donors (Lipinski definition) is 2. The standard InChI is InChI=1S/C13H15F2N3O2.C7H6F2/c14-13(15)4-1-2-8(7-13)12(20)18-9-3-5-17-10(6-9)11(16)19;1-5-3-2-4-6(8)7(5)9/h3,5-6,8H,1-2,4,7H2,(H2,16,19)(H,17,18,20);2-4H,1H3. The summed E-state index contributed by atoms with van der Waals surface area (Å²) in [5.41, 5.74) is 5.76. The second-order valence-corrected chi connectivity index (χ2v) is 6.80. The SMILES string of the molecule is Cc1cccc(F)c1F.NC(=O)c1cc(NC(=O)C2CCCC(F)(F)C2)ccn1. The lowest BCUT2D eigenvalue weighted by Gasteiger charge is -2.27. The van der Waals surface area contributed by atoms with Crippen molar-refractivity contribution < 1.29 is 27.2 Å². The summed E-state index contributed by atoms with van der Waals surface area (Å²) < 4.78 is 51.1. The van der Waals surface area contributed by atoms with Gasteiger partial charge in [-0.3, -0.25) is 14.6 Å². The number of halogens is 4. The van der Waals surface area contributed by atoms with Crippen molar-refractivity contribution in [2.24, 2.45) is 11.7 Å². The van der Waals surface area contributed by atoms with E-state index in [0.717, 1.165) is 6.07 Å². The average Bonchev–Trinajstić information content (AvgIpc) is 2.66. The molecule has 1 aliphatic rings. The van der Waals surface area contributed by atoms with Gasteiger partial charge < -0.3 is 11.1 Å². The number of aromatic nitrogens is 1. The molecule has 0 bridgehead atoms. The third kappa shape index (κ3) is 6.55. The van der Waals surface area contributed by atoms with Crippen LogP contribution in [0.3, 0.4) is 0 Å². The van der Waals surface area contributed by atoms with E-state index < -0.39 is 41.7 Å². The Bertz CT molecular complexity index is 870. The second kappa shape index (κ2) is 9.49. The van der Waals surface area contributed by atoms with Crippen LogP contribution in [0, 0.1) is 24.5 Å². The van der Waals surface area contributed by atoms with Crippen LogP contribution in [0.5, 0.6) is 0 Å². The zero-order chi connectivity index (χ0) is 21.6. The molecule has 1 fully saturated rings. The number of nitrogens with zero attached hydrogens (tertiary/aromatic N) is 1. The molecule has 1 atom stereocenters. The monoisotopic (exact) mass is 411 g/mol. The zero-order valence-electron chi connectivity index (χ0n) is 15.7. The number of hydrogen-bond acceptors (Lipinski definition) is 3. The van der Waals surface area contributed by atoms with Gasteiger partial charge >= 0.3 is 0 Å². The van der Waals surface area contributed by atoms with Gasteiger partial charge in [0.15, 0.2) is 11.6 Å². The molecule has 1 aromatic carbocycles. The van der Waals surface area contributed by atoms with Crippen molar-refractivity contribution in [1.82, 2.24) is 4.98 Å². The van der Waals surface area contributed by atoms with Gasteiger partial charge in [0.2, 0.25) is 11.8 Å². The predicted octanol–water partition coefficient (Wildman–Crippen LogP) is 4.22. The normalized spacial score (nSPS) is 17.6. The number of pyridine rings is 1. The van der Waals surface area contributed by atoms with Gasteiger partial charge in [0.1, 0.15) is 5.69 Å². The number of aryl methyl sites for hydroxylation is 1. The minimum Gasteiger partial charge on any atom is -0.364 e. The van der Waals surface area contributed by atoms with Crippen LogP contribution in [0.4, 0.5) is 23.2 Å². The summed E-state index contributed by atoms with van der Waals surface area (Å²) in [6.07, 6.45) is 1.48. The Hall–Kier alpha value is -2.97. The van der Waals surface area contributed by atoms with Crippen LogP contribution in [0.15, 0.2) is 36.5 Å². The topological polar surface area (TPSA) is 85.1 Å². The quantitative estimate of drug-likeness (QED) is 0.742. The lowest BCUT2D eigenvalue weighted by atomic mass is 9.86. The number of benzene rings is 1. The highest BCUT2D eigenvalue weighted by molar-refractivity contribution is 5.95. The molecular formula is C20H21F4N3O2. The van der Waals surface area contributed by atoms with Crippen molar-refractivity contribution in [3.63, 3.8) is 0 Å². The lowest BCUT2D eigenvalue weighted by molar-refractivity contribution is -0.127. The second-order valence-electron chi connectivity index (χ2n) is 6.80. The first-order valence-electron chi connectivity index (χ1n) is 8.94. The van der Waals surface area contributed by atoms with Gasteiger partial charge in [0.05, 0.1) is 0 Å². The van der Waals surface area contributed by atoms with E-state index >= 15 is 0 Å². The minimum absolute atomic E-state index is 0.0109. The first-order valence-corrected chi connectivity index (χ1v) is 8.94. The fraction of sp³-hybridized carbons (Fsp3) is 0.350. The largest absolute Gasteiger partial charge is 0.364 e. The van der Waals surface area contributed by atoms with Crippen LogP contribution in [-0.4, -0.2) is 22.7 Å². The van der Waals surface area contributed by atoms with Crippen molar-refractivity contribution >= 4 is 17.5 Å². The highest BCUT2D eigenvalue weighted by Crippen LogP contribution is 2.37. The van der Waals surface area contributed by atoms with Crippen molar-refractivity contribution in [1.29, 1.82) is 0 Å². The van der Waals surface area contributed by atoms with E-state index in [-0.39, 0.29) is 12.1 Å². The maximum absolute atomic E-state index is 13.3. The van der Waals surface area contributed by atoms with Crippen LogP contribution in [0.2, 0.25) is 0 Å². The Balaban J connectivity index is 0.000000278. The summed E-state index contributed by atoms with van der Waals surface area (Å²) in [6, 6.07) is 6.90. The van der Waals surface area contributed by atoms with Gasteiger partial charge in [0.25, 0.3) is 5.91 Å². The number of rotatable bonds is 3. The molecule has 156 valence electrons. The summed E-state index contributed by atoms with van der Waals surface area (Å²) in [4.78, 5) is 26.7. The van der Waals surface area contributed by atoms with Crippen molar-refractivity contribution in [2.45, 2.75) is 38.5 Å². The molecule has 2 amide bonds. The predicted molar refractivity (Wildman–Crippen MR) is 99.4 cm³/mol. The van der Waals surface area contributed by atoms with Gasteiger partial charge in [-0.15, -0.1) is 0 Å². The molecule has 1 aliphatic carbocycles. The molecule has 0 saturated heterocycles. The van der Waals surface area contributed by atoms with Gasteiger partial charge in [-0.2, -0.15) is 0 Å².